The highest BCUT2D eigenvalue weighted by Gasteiger charge is 2.24. The summed E-state index contributed by atoms with van der Waals surface area (Å²) in [4.78, 5) is 11.3. The molecule has 3 rings (SSSR count). The second-order valence-corrected chi connectivity index (χ2v) is 4.62. The number of hydrogen-bond donors (Lipinski definition) is 0. The summed E-state index contributed by atoms with van der Waals surface area (Å²) < 4.78 is 14.7. The predicted octanol–water partition coefficient (Wildman–Crippen LogP) is 2.98. The van der Waals surface area contributed by atoms with Crippen LogP contribution in [0.4, 0.5) is 4.39 Å². The zero-order chi connectivity index (χ0) is 12.5. The van der Waals surface area contributed by atoms with Crippen LogP contribution in [0.3, 0.4) is 0 Å². The minimum atomic E-state index is -0.250. The van der Waals surface area contributed by atoms with Gasteiger partial charge in [-0.15, -0.1) is 0 Å². The maximum absolute atomic E-state index is 12.8. The Kier molecular flexibility index (Phi) is 2.70. The first-order chi connectivity index (χ1) is 8.72. The Hall–Kier alpha value is -1.97. The van der Waals surface area contributed by atoms with Gasteiger partial charge in [-0.3, -0.25) is 9.48 Å². The lowest BCUT2D eigenvalue weighted by atomic mass is 10.1. The number of hydrogen-bond acceptors (Lipinski definition) is 2. The number of Topliss-reactive ketones (excluding diaryl/α,β-unsaturated/α-hetero) is 1. The largest absolute Gasteiger partial charge is 0.300 e. The van der Waals surface area contributed by atoms with Gasteiger partial charge in [0.05, 0.1) is 11.7 Å². The molecule has 1 heterocycles. The van der Waals surface area contributed by atoms with E-state index in [0.717, 1.165) is 17.7 Å². The van der Waals surface area contributed by atoms with Crippen molar-refractivity contribution in [1.29, 1.82) is 0 Å². The summed E-state index contributed by atoms with van der Waals surface area (Å²) in [5, 5.41) is 4.47. The molecule has 0 spiro atoms. The van der Waals surface area contributed by atoms with E-state index < -0.39 is 0 Å². The maximum Gasteiger partial charge on any atom is 0.135 e. The first-order valence-corrected chi connectivity index (χ1v) is 6.05. The molecule has 0 bridgehead atoms. The van der Waals surface area contributed by atoms with Crippen LogP contribution < -0.4 is 0 Å². The fraction of sp³-hybridized carbons (Fsp3) is 0.286. The Morgan fingerprint density at radius 2 is 2.00 bits per heavy atom. The minimum absolute atomic E-state index is 0.187. The number of carbonyl (C=O) groups is 1. The van der Waals surface area contributed by atoms with Crippen molar-refractivity contribution in [3.63, 3.8) is 0 Å². The van der Waals surface area contributed by atoms with Gasteiger partial charge < -0.3 is 0 Å². The minimum Gasteiger partial charge on any atom is -0.300 e. The van der Waals surface area contributed by atoms with Crippen molar-refractivity contribution in [2.75, 3.05) is 0 Å². The Morgan fingerprint density at radius 3 is 2.67 bits per heavy atom. The van der Waals surface area contributed by atoms with Crippen molar-refractivity contribution in [3.8, 4) is 11.3 Å². The van der Waals surface area contributed by atoms with Crippen LogP contribution in [0.1, 0.15) is 25.3 Å². The van der Waals surface area contributed by atoms with E-state index in [2.05, 4.69) is 5.10 Å². The highest BCUT2D eigenvalue weighted by molar-refractivity contribution is 5.80. The van der Waals surface area contributed by atoms with Gasteiger partial charge in [0.25, 0.3) is 0 Å². The van der Waals surface area contributed by atoms with E-state index in [4.69, 9.17) is 0 Å². The Labute approximate surface area is 104 Å². The molecule has 0 N–H and O–H groups in total. The summed E-state index contributed by atoms with van der Waals surface area (Å²) in [5.41, 5.74) is 1.70. The van der Waals surface area contributed by atoms with E-state index >= 15 is 0 Å². The van der Waals surface area contributed by atoms with E-state index in [9.17, 15) is 9.18 Å². The van der Waals surface area contributed by atoms with Crippen molar-refractivity contribution in [2.24, 2.45) is 0 Å². The molecule has 3 nitrogen and oxygen atoms in total. The van der Waals surface area contributed by atoms with Crippen LogP contribution >= 0.6 is 0 Å². The van der Waals surface area contributed by atoms with Gasteiger partial charge in [-0.05, 0) is 36.8 Å². The molecule has 1 fully saturated rings. The molecule has 1 unspecified atom stereocenters. The van der Waals surface area contributed by atoms with Crippen LogP contribution in [0.2, 0.25) is 0 Å². The molecule has 0 saturated heterocycles. The zero-order valence-corrected chi connectivity index (χ0v) is 9.84. The van der Waals surface area contributed by atoms with E-state index in [0.29, 0.717) is 18.6 Å². The highest BCUT2D eigenvalue weighted by atomic mass is 19.1. The molecule has 18 heavy (non-hydrogen) atoms. The van der Waals surface area contributed by atoms with Crippen molar-refractivity contribution >= 4 is 5.78 Å². The summed E-state index contributed by atoms with van der Waals surface area (Å²) in [6.07, 6.45) is 3.98. The summed E-state index contributed by atoms with van der Waals surface area (Å²) in [7, 11) is 0. The first-order valence-electron chi connectivity index (χ1n) is 6.05. The number of rotatable bonds is 2. The fourth-order valence-corrected chi connectivity index (χ4v) is 2.34. The lowest BCUT2D eigenvalue weighted by Gasteiger charge is -2.07. The predicted molar refractivity (Wildman–Crippen MR) is 65.5 cm³/mol. The molecular weight excluding hydrogens is 231 g/mol. The molecule has 2 aromatic rings. The van der Waals surface area contributed by atoms with Crippen LogP contribution in [-0.2, 0) is 4.79 Å². The summed E-state index contributed by atoms with van der Waals surface area (Å²) in [6.45, 7) is 0. The number of carbonyl (C=O) groups excluding carboxylic acids is 1. The smallest absolute Gasteiger partial charge is 0.135 e. The Bertz CT molecular complexity index is 574. The Balaban J connectivity index is 1.85. The van der Waals surface area contributed by atoms with Gasteiger partial charge in [0.1, 0.15) is 11.6 Å². The zero-order valence-electron chi connectivity index (χ0n) is 9.84. The molecular formula is C14H13FN2O. The second kappa shape index (κ2) is 4.37. The number of aromatic nitrogens is 2. The van der Waals surface area contributed by atoms with Crippen LogP contribution in [-0.4, -0.2) is 15.6 Å². The van der Waals surface area contributed by atoms with Gasteiger partial charge in [0.15, 0.2) is 0 Å². The number of nitrogens with zero attached hydrogens (tertiary/aromatic N) is 2. The standard InChI is InChI=1S/C14H13FN2O/c15-11-3-1-10(2-4-11)14-7-8-17(16-14)12-5-6-13(18)9-12/h1-4,7-8,12H,5-6,9H2. The number of ketones is 1. The van der Waals surface area contributed by atoms with Crippen molar-refractivity contribution in [2.45, 2.75) is 25.3 Å². The molecule has 0 aliphatic heterocycles. The molecule has 92 valence electrons. The van der Waals surface area contributed by atoms with Gasteiger partial charge >= 0.3 is 0 Å². The van der Waals surface area contributed by atoms with Gasteiger partial charge in [0, 0.05) is 24.6 Å². The third-order valence-electron chi connectivity index (χ3n) is 3.34. The third kappa shape index (κ3) is 2.06. The monoisotopic (exact) mass is 244 g/mol. The average Bonchev–Trinajstić information content (AvgIpc) is 2.98. The van der Waals surface area contributed by atoms with Gasteiger partial charge in [-0.25, -0.2) is 4.39 Å². The molecule has 1 atom stereocenters. The topological polar surface area (TPSA) is 34.9 Å². The molecule has 1 aliphatic rings. The lowest BCUT2D eigenvalue weighted by molar-refractivity contribution is -0.117. The molecule has 0 radical (unpaired) electrons. The van der Waals surface area contributed by atoms with Crippen LogP contribution in [0.25, 0.3) is 11.3 Å². The first kappa shape index (κ1) is 11.1. The summed E-state index contributed by atoms with van der Waals surface area (Å²) in [5.74, 6) is 0.0541. The van der Waals surface area contributed by atoms with Gasteiger partial charge in [-0.2, -0.15) is 5.10 Å². The van der Waals surface area contributed by atoms with E-state index in [1.165, 1.54) is 12.1 Å². The summed E-state index contributed by atoms with van der Waals surface area (Å²) in [6, 6.07) is 8.35. The van der Waals surface area contributed by atoms with E-state index in [1.807, 2.05) is 16.9 Å². The SMILES string of the molecule is O=C1CCC(n2ccc(-c3ccc(F)cc3)n2)C1. The molecule has 1 aromatic heterocycles. The van der Waals surface area contributed by atoms with Crippen molar-refractivity contribution in [3.05, 3.63) is 42.3 Å². The normalized spacial score (nSPS) is 19.4. The Morgan fingerprint density at radius 1 is 1.22 bits per heavy atom. The molecule has 1 aromatic carbocycles. The molecule has 1 saturated carbocycles. The fourth-order valence-electron chi connectivity index (χ4n) is 2.34. The molecule has 4 heteroatoms. The van der Waals surface area contributed by atoms with Crippen molar-refractivity contribution in [1.82, 2.24) is 9.78 Å². The van der Waals surface area contributed by atoms with E-state index in [-0.39, 0.29) is 11.9 Å². The third-order valence-corrected chi connectivity index (χ3v) is 3.34. The number of halogens is 1. The summed E-state index contributed by atoms with van der Waals surface area (Å²) >= 11 is 0. The molecule has 1 aliphatic carbocycles. The average molecular weight is 244 g/mol. The second-order valence-electron chi connectivity index (χ2n) is 4.62. The quantitative estimate of drug-likeness (QED) is 0.814. The molecule has 0 amide bonds. The van der Waals surface area contributed by atoms with Crippen LogP contribution in [0.5, 0.6) is 0 Å². The highest BCUT2D eigenvalue weighted by Crippen LogP contribution is 2.27. The maximum atomic E-state index is 12.8. The van der Waals surface area contributed by atoms with Gasteiger partial charge in [-0.1, -0.05) is 0 Å². The van der Waals surface area contributed by atoms with Crippen LogP contribution in [0, 0.1) is 5.82 Å². The van der Waals surface area contributed by atoms with Gasteiger partial charge in [0.2, 0.25) is 0 Å². The van der Waals surface area contributed by atoms with E-state index in [1.54, 1.807) is 12.1 Å². The number of benzene rings is 1. The van der Waals surface area contributed by atoms with Crippen LogP contribution in [0.15, 0.2) is 36.5 Å². The lowest BCUT2D eigenvalue weighted by Crippen LogP contribution is -2.06. The van der Waals surface area contributed by atoms with Crippen molar-refractivity contribution < 1.29 is 9.18 Å².